The third kappa shape index (κ3) is 4.58. The Balaban J connectivity index is 1.45. The summed E-state index contributed by atoms with van der Waals surface area (Å²) in [4.78, 5) is 28.6. The second-order valence-corrected chi connectivity index (χ2v) is 6.66. The Morgan fingerprint density at radius 1 is 1.20 bits per heavy atom. The predicted molar refractivity (Wildman–Crippen MR) is 96.4 cm³/mol. The summed E-state index contributed by atoms with van der Waals surface area (Å²) in [5.41, 5.74) is 2.03. The monoisotopic (exact) mass is 345 g/mol. The highest BCUT2D eigenvalue weighted by Gasteiger charge is 2.30. The quantitative estimate of drug-likeness (QED) is 0.879. The Bertz CT molecular complexity index is 606. The molecule has 136 valence electrons. The van der Waals surface area contributed by atoms with E-state index in [-0.39, 0.29) is 17.9 Å². The van der Waals surface area contributed by atoms with Gasteiger partial charge in [-0.2, -0.15) is 0 Å². The maximum Gasteiger partial charge on any atom is 0.251 e. The molecule has 0 spiro atoms. The van der Waals surface area contributed by atoms with Crippen molar-refractivity contribution in [1.29, 1.82) is 0 Å². The minimum atomic E-state index is -0.250. The van der Waals surface area contributed by atoms with Gasteiger partial charge in [0.1, 0.15) is 6.10 Å². The topological polar surface area (TPSA) is 61.9 Å². The second-order valence-electron chi connectivity index (χ2n) is 6.66. The molecule has 1 aromatic rings. The van der Waals surface area contributed by atoms with Gasteiger partial charge in [-0.25, -0.2) is 0 Å². The number of piperazine rings is 1. The van der Waals surface area contributed by atoms with Crippen LogP contribution in [0.3, 0.4) is 0 Å². The molecule has 2 fully saturated rings. The van der Waals surface area contributed by atoms with Crippen molar-refractivity contribution in [2.75, 3.05) is 44.6 Å². The Labute approximate surface area is 149 Å². The lowest BCUT2D eigenvalue weighted by atomic mass is 10.1. The molecule has 1 N–H and O–H groups in total. The first-order valence-electron chi connectivity index (χ1n) is 9.18. The lowest BCUT2D eigenvalue weighted by Crippen LogP contribution is -2.52. The SMILES string of the molecule is CCc1ccccc1NC(=O)CN1CCN(C(=O)[C@H]2CCCO2)CC1. The van der Waals surface area contributed by atoms with Crippen LogP contribution in [0.5, 0.6) is 0 Å². The number of hydrogen-bond acceptors (Lipinski definition) is 4. The van der Waals surface area contributed by atoms with Gasteiger partial charge in [0.25, 0.3) is 5.91 Å². The van der Waals surface area contributed by atoms with E-state index < -0.39 is 0 Å². The molecule has 2 saturated heterocycles. The van der Waals surface area contributed by atoms with Gasteiger partial charge in [0.15, 0.2) is 0 Å². The summed E-state index contributed by atoms with van der Waals surface area (Å²) in [5.74, 6) is 0.110. The number of para-hydroxylation sites is 1. The molecule has 0 radical (unpaired) electrons. The molecule has 2 amide bonds. The van der Waals surface area contributed by atoms with Crippen molar-refractivity contribution in [2.24, 2.45) is 0 Å². The molecular formula is C19H27N3O3. The normalized spacial score (nSPS) is 21.3. The van der Waals surface area contributed by atoms with Crippen molar-refractivity contribution in [3.05, 3.63) is 29.8 Å². The van der Waals surface area contributed by atoms with Gasteiger partial charge in [0.2, 0.25) is 5.91 Å². The second kappa shape index (κ2) is 8.45. The standard InChI is InChI=1S/C19H27N3O3/c1-2-15-6-3-4-7-16(15)20-18(23)14-21-9-11-22(12-10-21)19(24)17-8-5-13-25-17/h3-4,6-7,17H,2,5,8-14H2,1H3,(H,20,23)/t17-/m1/s1. The molecule has 0 unspecified atom stereocenters. The number of carbonyl (C=O) groups excluding carboxylic acids is 2. The van der Waals surface area contributed by atoms with Gasteiger partial charge in [-0.15, -0.1) is 0 Å². The summed E-state index contributed by atoms with van der Waals surface area (Å²) in [6.45, 7) is 5.91. The first-order valence-corrected chi connectivity index (χ1v) is 9.18. The van der Waals surface area contributed by atoms with E-state index in [4.69, 9.17) is 4.74 Å². The highest BCUT2D eigenvalue weighted by molar-refractivity contribution is 5.93. The Kier molecular flexibility index (Phi) is 6.04. The largest absolute Gasteiger partial charge is 0.368 e. The van der Waals surface area contributed by atoms with Crippen LogP contribution in [-0.4, -0.2) is 67.0 Å². The third-order valence-electron chi connectivity index (χ3n) is 4.93. The van der Waals surface area contributed by atoms with Crippen LogP contribution in [0.1, 0.15) is 25.3 Å². The van der Waals surface area contributed by atoms with Crippen LogP contribution in [0.25, 0.3) is 0 Å². The number of amides is 2. The van der Waals surface area contributed by atoms with E-state index in [1.165, 1.54) is 0 Å². The summed E-state index contributed by atoms with van der Waals surface area (Å²) in [7, 11) is 0. The highest BCUT2D eigenvalue weighted by atomic mass is 16.5. The van der Waals surface area contributed by atoms with E-state index in [9.17, 15) is 9.59 Å². The van der Waals surface area contributed by atoms with E-state index in [2.05, 4.69) is 17.1 Å². The minimum Gasteiger partial charge on any atom is -0.368 e. The number of rotatable bonds is 5. The smallest absolute Gasteiger partial charge is 0.251 e. The fourth-order valence-electron chi connectivity index (χ4n) is 3.45. The average Bonchev–Trinajstić information content (AvgIpc) is 3.17. The van der Waals surface area contributed by atoms with E-state index in [1.807, 2.05) is 29.2 Å². The third-order valence-corrected chi connectivity index (χ3v) is 4.93. The number of ether oxygens (including phenoxy) is 1. The molecule has 0 aliphatic carbocycles. The number of aryl methyl sites for hydroxylation is 1. The van der Waals surface area contributed by atoms with Gasteiger partial charge < -0.3 is 15.0 Å². The van der Waals surface area contributed by atoms with Crippen molar-refractivity contribution >= 4 is 17.5 Å². The molecule has 25 heavy (non-hydrogen) atoms. The van der Waals surface area contributed by atoms with Crippen LogP contribution >= 0.6 is 0 Å². The van der Waals surface area contributed by atoms with Crippen molar-refractivity contribution < 1.29 is 14.3 Å². The van der Waals surface area contributed by atoms with Crippen molar-refractivity contribution in [2.45, 2.75) is 32.3 Å². The molecule has 3 rings (SSSR count). The zero-order valence-corrected chi connectivity index (χ0v) is 14.9. The number of carbonyl (C=O) groups is 2. The van der Waals surface area contributed by atoms with Crippen LogP contribution in [0.2, 0.25) is 0 Å². The fraction of sp³-hybridized carbons (Fsp3) is 0.579. The maximum absolute atomic E-state index is 12.3. The van der Waals surface area contributed by atoms with Crippen LogP contribution in [0.15, 0.2) is 24.3 Å². The van der Waals surface area contributed by atoms with Crippen LogP contribution < -0.4 is 5.32 Å². The fourth-order valence-corrected chi connectivity index (χ4v) is 3.45. The van der Waals surface area contributed by atoms with E-state index in [0.717, 1.165) is 43.6 Å². The molecule has 1 aromatic carbocycles. The zero-order valence-electron chi connectivity index (χ0n) is 14.9. The van der Waals surface area contributed by atoms with Crippen LogP contribution in [-0.2, 0) is 20.7 Å². The molecule has 0 saturated carbocycles. The first kappa shape index (κ1) is 17.9. The van der Waals surface area contributed by atoms with E-state index >= 15 is 0 Å². The highest BCUT2D eigenvalue weighted by Crippen LogP contribution is 2.17. The number of anilines is 1. The Hall–Kier alpha value is -1.92. The predicted octanol–water partition coefficient (Wildman–Crippen LogP) is 1.51. The van der Waals surface area contributed by atoms with Crippen molar-refractivity contribution in [3.8, 4) is 0 Å². The zero-order chi connectivity index (χ0) is 17.6. The number of hydrogen-bond donors (Lipinski definition) is 1. The molecule has 2 heterocycles. The van der Waals surface area contributed by atoms with Gasteiger partial charge in [0.05, 0.1) is 6.54 Å². The van der Waals surface area contributed by atoms with Crippen molar-refractivity contribution in [3.63, 3.8) is 0 Å². The lowest BCUT2D eigenvalue weighted by molar-refractivity contribution is -0.142. The summed E-state index contributed by atoms with van der Waals surface area (Å²) < 4.78 is 5.48. The van der Waals surface area contributed by atoms with E-state index in [1.54, 1.807) is 0 Å². The lowest BCUT2D eigenvalue weighted by Gasteiger charge is -2.35. The molecular weight excluding hydrogens is 318 g/mol. The van der Waals surface area contributed by atoms with Crippen LogP contribution in [0, 0.1) is 0 Å². The van der Waals surface area contributed by atoms with Gasteiger partial charge >= 0.3 is 0 Å². The Morgan fingerprint density at radius 3 is 2.64 bits per heavy atom. The number of benzene rings is 1. The molecule has 2 aliphatic heterocycles. The summed E-state index contributed by atoms with van der Waals surface area (Å²) >= 11 is 0. The minimum absolute atomic E-state index is 0.000183. The molecule has 0 bridgehead atoms. The average molecular weight is 345 g/mol. The molecule has 6 heteroatoms. The van der Waals surface area contributed by atoms with Crippen molar-refractivity contribution in [1.82, 2.24) is 9.80 Å². The first-order chi connectivity index (χ1) is 12.2. The van der Waals surface area contributed by atoms with Crippen LogP contribution in [0.4, 0.5) is 5.69 Å². The Morgan fingerprint density at radius 2 is 1.96 bits per heavy atom. The molecule has 1 atom stereocenters. The summed E-state index contributed by atoms with van der Waals surface area (Å²) in [5, 5.41) is 3.01. The molecule has 6 nitrogen and oxygen atoms in total. The van der Waals surface area contributed by atoms with Gasteiger partial charge in [-0.05, 0) is 30.9 Å². The van der Waals surface area contributed by atoms with Gasteiger partial charge in [-0.1, -0.05) is 25.1 Å². The maximum atomic E-state index is 12.3. The molecule has 0 aromatic heterocycles. The number of nitrogens with one attached hydrogen (secondary N) is 1. The summed E-state index contributed by atoms with van der Waals surface area (Å²) in [6.07, 6.45) is 2.44. The van der Waals surface area contributed by atoms with Gasteiger partial charge in [0, 0.05) is 38.5 Å². The van der Waals surface area contributed by atoms with E-state index in [0.29, 0.717) is 26.2 Å². The van der Waals surface area contributed by atoms with Gasteiger partial charge in [-0.3, -0.25) is 14.5 Å². The summed E-state index contributed by atoms with van der Waals surface area (Å²) in [6, 6.07) is 7.89. The number of nitrogens with zero attached hydrogens (tertiary/aromatic N) is 2. The molecule has 2 aliphatic rings.